The van der Waals surface area contributed by atoms with E-state index >= 15 is 0 Å². The summed E-state index contributed by atoms with van der Waals surface area (Å²) in [6, 6.07) is 8.11. The van der Waals surface area contributed by atoms with Crippen molar-refractivity contribution in [1.29, 1.82) is 0 Å². The van der Waals surface area contributed by atoms with Crippen molar-refractivity contribution >= 4 is 23.2 Å². The first-order chi connectivity index (χ1) is 13.5. The first-order valence-electron chi connectivity index (χ1n) is 10.3. The lowest BCUT2D eigenvalue weighted by atomic mass is 10.1. The van der Waals surface area contributed by atoms with Crippen LogP contribution >= 0.6 is 0 Å². The maximum Gasteiger partial charge on any atom is 0.272 e. The quantitative estimate of drug-likeness (QED) is 0.808. The summed E-state index contributed by atoms with van der Waals surface area (Å²) in [5.74, 6) is 0.473. The number of aromatic nitrogens is 2. The van der Waals surface area contributed by atoms with Crippen molar-refractivity contribution in [1.82, 2.24) is 14.9 Å². The molecule has 1 aromatic heterocycles. The molecule has 2 heterocycles. The Bertz CT molecular complexity index is 826. The van der Waals surface area contributed by atoms with Gasteiger partial charge in [0.25, 0.3) is 5.91 Å². The fourth-order valence-electron chi connectivity index (χ4n) is 3.69. The Balaban J connectivity index is 1.81. The van der Waals surface area contributed by atoms with Crippen molar-refractivity contribution < 1.29 is 4.79 Å². The molecule has 2 aromatic rings. The number of carbonyl (C=O) groups is 1. The van der Waals surface area contributed by atoms with Gasteiger partial charge >= 0.3 is 0 Å². The van der Waals surface area contributed by atoms with Crippen molar-refractivity contribution in [2.24, 2.45) is 0 Å². The van der Waals surface area contributed by atoms with Gasteiger partial charge in [0.15, 0.2) is 0 Å². The predicted octanol–water partition coefficient (Wildman–Crippen LogP) is 4.31. The molecule has 1 amide bonds. The van der Waals surface area contributed by atoms with E-state index in [0.717, 1.165) is 56.0 Å². The highest BCUT2D eigenvalue weighted by molar-refractivity contribution is 5.92. The van der Waals surface area contributed by atoms with Crippen molar-refractivity contribution in [3.05, 3.63) is 41.2 Å². The number of benzene rings is 1. The van der Waals surface area contributed by atoms with Crippen LogP contribution in [0.1, 0.15) is 54.9 Å². The molecule has 0 saturated carbocycles. The summed E-state index contributed by atoms with van der Waals surface area (Å²) in [5.41, 5.74) is 4.54. The highest BCUT2D eigenvalue weighted by Crippen LogP contribution is 2.25. The largest absolute Gasteiger partial charge is 0.372 e. The molecule has 1 fully saturated rings. The van der Waals surface area contributed by atoms with E-state index in [-0.39, 0.29) is 5.91 Å². The van der Waals surface area contributed by atoms with Gasteiger partial charge in [-0.1, -0.05) is 0 Å². The number of nitrogens with one attached hydrogen (secondary N) is 1. The van der Waals surface area contributed by atoms with E-state index in [4.69, 9.17) is 0 Å². The molecule has 6 nitrogen and oxygen atoms in total. The Morgan fingerprint density at radius 3 is 2.43 bits per heavy atom. The molecule has 6 heteroatoms. The van der Waals surface area contributed by atoms with E-state index in [2.05, 4.69) is 59.2 Å². The minimum atomic E-state index is 0.00172. The number of hydrogen-bond donors (Lipinski definition) is 1. The van der Waals surface area contributed by atoms with Crippen LogP contribution in [0.4, 0.5) is 17.3 Å². The monoisotopic (exact) mass is 381 g/mol. The topological polar surface area (TPSA) is 61.4 Å². The van der Waals surface area contributed by atoms with Gasteiger partial charge in [-0.3, -0.25) is 4.79 Å². The molecule has 1 aliphatic heterocycles. The molecule has 1 aliphatic rings. The van der Waals surface area contributed by atoms with E-state index in [1.165, 1.54) is 12.1 Å². The molecular weight excluding hydrogens is 350 g/mol. The highest BCUT2D eigenvalue weighted by Gasteiger charge is 2.20. The maximum atomic E-state index is 12.8. The number of hydrogen-bond acceptors (Lipinski definition) is 5. The third-order valence-corrected chi connectivity index (χ3v) is 5.30. The van der Waals surface area contributed by atoms with Crippen LogP contribution in [0.2, 0.25) is 0 Å². The van der Waals surface area contributed by atoms with Crippen molar-refractivity contribution in [2.75, 3.05) is 36.4 Å². The fraction of sp³-hybridized carbons (Fsp3) is 0.500. The van der Waals surface area contributed by atoms with Gasteiger partial charge < -0.3 is 15.1 Å². The molecule has 0 atom stereocenters. The van der Waals surface area contributed by atoms with Crippen LogP contribution in [0.15, 0.2) is 24.3 Å². The zero-order chi connectivity index (χ0) is 20.1. The molecule has 1 aromatic carbocycles. The Hall–Kier alpha value is -2.63. The second-order valence-electron chi connectivity index (χ2n) is 7.37. The molecule has 3 rings (SSSR count). The van der Waals surface area contributed by atoms with Crippen LogP contribution in [0.5, 0.6) is 0 Å². The number of rotatable bonds is 6. The minimum Gasteiger partial charge on any atom is -0.372 e. The van der Waals surface area contributed by atoms with Crippen LogP contribution in [0, 0.1) is 13.8 Å². The molecule has 0 spiro atoms. The number of aryl methyl sites for hydroxylation is 2. The molecule has 1 saturated heterocycles. The summed E-state index contributed by atoms with van der Waals surface area (Å²) >= 11 is 0. The third-order valence-electron chi connectivity index (χ3n) is 5.30. The highest BCUT2D eigenvalue weighted by atomic mass is 16.2. The van der Waals surface area contributed by atoms with Crippen LogP contribution < -0.4 is 10.2 Å². The summed E-state index contributed by atoms with van der Waals surface area (Å²) in [7, 11) is 0. The molecule has 0 bridgehead atoms. The minimum absolute atomic E-state index is 0.00172. The second-order valence-corrected chi connectivity index (χ2v) is 7.37. The maximum absolute atomic E-state index is 12.8. The lowest BCUT2D eigenvalue weighted by molar-refractivity contribution is 0.0718. The van der Waals surface area contributed by atoms with Crippen LogP contribution in [-0.2, 0) is 0 Å². The van der Waals surface area contributed by atoms with Crippen LogP contribution in [0.25, 0.3) is 0 Å². The molecule has 1 N–H and O–H groups in total. The molecule has 0 radical (unpaired) electrons. The van der Waals surface area contributed by atoms with Crippen LogP contribution in [0.3, 0.4) is 0 Å². The smallest absolute Gasteiger partial charge is 0.272 e. The van der Waals surface area contributed by atoms with E-state index in [0.29, 0.717) is 11.6 Å². The first kappa shape index (κ1) is 20.1. The van der Waals surface area contributed by atoms with Gasteiger partial charge in [0.05, 0.1) is 0 Å². The van der Waals surface area contributed by atoms with Gasteiger partial charge in [0.1, 0.15) is 5.69 Å². The number of nitrogens with zero attached hydrogens (tertiary/aromatic N) is 4. The average Bonchev–Trinajstić information content (AvgIpc) is 2.70. The van der Waals surface area contributed by atoms with Gasteiger partial charge in [-0.2, -0.15) is 0 Å². The average molecular weight is 382 g/mol. The number of amides is 1. The van der Waals surface area contributed by atoms with Gasteiger partial charge in [-0.05, 0) is 76.8 Å². The van der Waals surface area contributed by atoms with E-state index in [1.54, 1.807) is 6.07 Å². The third kappa shape index (κ3) is 4.61. The van der Waals surface area contributed by atoms with Gasteiger partial charge in [0, 0.05) is 43.2 Å². The lowest BCUT2D eigenvalue weighted by Gasteiger charge is -2.26. The Labute approximate surface area is 168 Å². The fourth-order valence-corrected chi connectivity index (χ4v) is 3.69. The zero-order valence-corrected chi connectivity index (χ0v) is 17.5. The Morgan fingerprint density at radius 1 is 1.07 bits per heavy atom. The molecule has 0 unspecified atom stereocenters. The normalized spacial score (nSPS) is 14.1. The SMILES string of the molecule is CCN(CC)c1ccc(Nc2nc(C)cc(C(=O)N3CCCCC3)n2)c(C)c1. The Kier molecular flexibility index (Phi) is 6.49. The van der Waals surface area contributed by atoms with Gasteiger partial charge in [0.2, 0.25) is 5.95 Å². The standard InChI is InChI=1S/C22H31N5O/c1-5-26(6-2)18-10-11-19(16(3)14-18)24-22-23-17(4)15-20(25-22)21(28)27-12-8-7-9-13-27/h10-11,14-15H,5-9,12-13H2,1-4H3,(H,23,24,25). The predicted molar refractivity (Wildman–Crippen MR) is 115 cm³/mol. The van der Waals surface area contributed by atoms with E-state index in [1.807, 2.05) is 11.8 Å². The number of carbonyl (C=O) groups excluding carboxylic acids is 1. The molecular formula is C22H31N5O. The van der Waals surface area contributed by atoms with Crippen molar-refractivity contribution in [3.8, 4) is 0 Å². The summed E-state index contributed by atoms with van der Waals surface area (Å²) in [4.78, 5) is 26.0. The second kappa shape index (κ2) is 9.04. The number of piperidine rings is 1. The van der Waals surface area contributed by atoms with Crippen LogP contribution in [-0.4, -0.2) is 47.0 Å². The van der Waals surface area contributed by atoms with E-state index < -0.39 is 0 Å². The van der Waals surface area contributed by atoms with Crippen molar-refractivity contribution in [3.63, 3.8) is 0 Å². The molecule has 150 valence electrons. The summed E-state index contributed by atoms with van der Waals surface area (Å²) in [6.45, 7) is 11.9. The zero-order valence-electron chi connectivity index (χ0n) is 17.5. The number of anilines is 3. The summed E-state index contributed by atoms with van der Waals surface area (Å²) < 4.78 is 0. The van der Waals surface area contributed by atoms with Crippen molar-refractivity contribution in [2.45, 2.75) is 47.0 Å². The van der Waals surface area contributed by atoms with Gasteiger partial charge in [-0.15, -0.1) is 0 Å². The van der Waals surface area contributed by atoms with E-state index in [9.17, 15) is 4.79 Å². The summed E-state index contributed by atoms with van der Waals surface area (Å²) in [5, 5.41) is 3.30. The lowest BCUT2D eigenvalue weighted by Crippen LogP contribution is -2.36. The summed E-state index contributed by atoms with van der Waals surface area (Å²) in [6.07, 6.45) is 3.33. The first-order valence-corrected chi connectivity index (χ1v) is 10.3. The Morgan fingerprint density at radius 2 is 1.79 bits per heavy atom. The molecule has 0 aliphatic carbocycles. The molecule has 28 heavy (non-hydrogen) atoms. The number of likely N-dealkylation sites (tertiary alicyclic amines) is 1. The van der Waals surface area contributed by atoms with Gasteiger partial charge in [-0.25, -0.2) is 9.97 Å².